The van der Waals surface area contributed by atoms with E-state index in [0.717, 1.165) is 16.0 Å². The van der Waals surface area contributed by atoms with E-state index in [4.69, 9.17) is 0 Å². The predicted octanol–water partition coefficient (Wildman–Crippen LogP) is 4.44. The molecule has 0 atom stereocenters. The molecule has 0 saturated heterocycles. The van der Waals surface area contributed by atoms with Crippen molar-refractivity contribution in [2.75, 3.05) is 7.11 Å². The molecular formula is C15H12F3NO2S. The first-order valence-corrected chi connectivity index (χ1v) is 7.04. The Morgan fingerprint density at radius 2 is 2.00 bits per heavy atom. The van der Waals surface area contributed by atoms with Crippen LogP contribution in [-0.4, -0.2) is 24.8 Å². The van der Waals surface area contributed by atoms with Crippen LogP contribution in [-0.2, 0) is 9.63 Å². The van der Waals surface area contributed by atoms with Crippen LogP contribution < -0.4 is 0 Å². The van der Waals surface area contributed by atoms with Crippen LogP contribution in [0.1, 0.15) is 11.8 Å². The number of hydrogen-bond acceptors (Lipinski definition) is 4. The number of hydrogen-bond donors (Lipinski definition) is 0. The maximum absolute atomic E-state index is 13.3. The molecule has 0 fully saturated rings. The highest BCUT2D eigenvalue weighted by atomic mass is 32.1. The van der Waals surface area contributed by atoms with Gasteiger partial charge in [0.05, 0.1) is 5.57 Å². The Hall–Kier alpha value is -2.15. The fourth-order valence-electron chi connectivity index (χ4n) is 1.82. The lowest BCUT2D eigenvalue weighted by Crippen LogP contribution is -2.15. The molecule has 116 valence electrons. The van der Waals surface area contributed by atoms with E-state index in [-0.39, 0.29) is 10.6 Å². The first-order chi connectivity index (χ1) is 10.3. The number of nitrogens with zero attached hydrogens (tertiary/aromatic N) is 1. The van der Waals surface area contributed by atoms with Crippen LogP contribution in [0.15, 0.2) is 41.6 Å². The van der Waals surface area contributed by atoms with Crippen molar-refractivity contribution in [3.8, 4) is 0 Å². The highest BCUT2D eigenvalue weighted by Gasteiger charge is 2.36. The van der Waals surface area contributed by atoms with Crippen molar-refractivity contribution in [3.63, 3.8) is 0 Å². The van der Waals surface area contributed by atoms with E-state index in [9.17, 15) is 18.0 Å². The molecule has 22 heavy (non-hydrogen) atoms. The molecule has 0 saturated carbocycles. The quantitative estimate of drug-likeness (QED) is 0.473. The number of oxime groups is 1. The normalized spacial score (nSPS) is 13.5. The zero-order valence-corrected chi connectivity index (χ0v) is 12.6. The Morgan fingerprint density at radius 3 is 2.59 bits per heavy atom. The summed E-state index contributed by atoms with van der Waals surface area (Å²) < 4.78 is 40.5. The number of rotatable bonds is 4. The van der Waals surface area contributed by atoms with Gasteiger partial charge in [-0.1, -0.05) is 23.4 Å². The number of halogens is 3. The molecule has 1 aromatic heterocycles. The van der Waals surface area contributed by atoms with Gasteiger partial charge in [-0.3, -0.25) is 4.79 Å². The van der Waals surface area contributed by atoms with E-state index in [1.165, 1.54) is 20.1 Å². The van der Waals surface area contributed by atoms with Crippen LogP contribution in [0.3, 0.4) is 0 Å². The smallest absolute Gasteiger partial charge is 0.399 e. The van der Waals surface area contributed by atoms with Gasteiger partial charge in [-0.25, -0.2) is 0 Å². The highest BCUT2D eigenvalue weighted by Crippen LogP contribution is 2.39. The summed E-state index contributed by atoms with van der Waals surface area (Å²) in [5, 5.41) is 4.06. The maximum Gasteiger partial charge on any atom is 0.417 e. The van der Waals surface area contributed by atoms with Crippen LogP contribution in [0.25, 0.3) is 15.7 Å². The van der Waals surface area contributed by atoms with Gasteiger partial charge in [0, 0.05) is 15.7 Å². The van der Waals surface area contributed by atoms with Gasteiger partial charge in [0.15, 0.2) is 0 Å². The van der Waals surface area contributed by atoms with E-state index in [0.29, 0.717) is 11.5 Å². The molecule has 3 nitrogen and oxygen atoms in total. The Balaban J connectivity index is 2.51. The molecule has 0 bridgehead atoms. The predicted molar refractivity (Wildman–Crippen MR) is 81.0 cm³/mol. The maximum atomic E-state index is 13.3. The summed E-state index contributed by atoms with van der Waals surface area (Å²) in [4.78, 5) is 16.2. The van der Waals surface area contributed by atoms with Crippen LogP contribution in [0.2, 0.25) is 0 Å². The third kappa shape index (κ3) is 3.54. The lowest BCUT2D eigenvalue weighted by molar-refractivity contribution is -0.109. The fraction of sp³-hybridized carbons (Fsp3) is 0.200. The van der Waals surface area contributed by atoms with Crippen LogP contribution in [0.4, 0.5) is 13.2 Å². The molecule has 0 radical (unpaired) electrons. The molecular weight excluding hydrogens is 315 g/mol. The summed E-state index contributed by atoms with van der Waals surface area (Å²) in [6.45, 7) is 1.29. The van der Waals surface area contributed by atoms with E-state index >= 15 is 0 Å². The lowest BCUT2D eigenvalue weighted by Gasteiger charge is -2.09. The number of carbonyl (C=O) groups excluding carboxylic acids is 1. The van der Waals surface area contributed by atoms with Gasteiger partial charge >= 0.3 is 6.18 Å². The second-order valence-corrected chi connectivity index (χ2v) is 5.51. The van der Waals surface area contributed by atoms with Gasteiger partial charge in [-0.2, -0.15) is 13.2 Å². The molecule has 7 heteroatoms. The fourth-order valence-corrected chi connectivity index (χ4v) is 2.92. The van der Waals surface area contributed by atoms with Gasteiger partial charge in [0.25, 0.3) is 0 Å². The summed E-state index contributed by atoms with van der Waals surface area (Å²) >= 11 is 0.988. The van der Waals surface area contributed by atoms with E-state index < -0.39 is 17.5 Å². The van der Waals surface area contributed by atoms with E-state index in [1.54, 1.807) is 24.3 Å². The highest BCUT2D eigenvalue weighted by molar-refractivity contribution is 7.20. The Kier molecular flexibility index (Phi) is 4.65. The number of ketones is 1. The summed E-state index contributed by atoms with van der Waals surface area (Å²) in [7, 11) is 1.22. The average Bonchev–Trinajstić information content (AvgIpc) is 2.86. The molecule has 1 heterocycles. The summed E-state index contributed by atoms with van der Waals surface area (Å²) in [6, 6.07) is 8.38. The second kappa shape index (κ2) is 6.31. The van der Waals surface area contributed by atoms with Crippen molar-refractivity contribution in [1.29, 1.82) is 0 Å². The largest absolute Gasteiger partial charge is 0.417 e. The van der Waals surface area contributed by atoms with Gasteiger partial charge in [0.1, 0.15) is 12.8 Å². The third-order valence-corrected chi connectivity index (χ3v) is 4.01. The zero-order valence-electron chi connectivity index (χ0n) is 11.8. The molecule has 2 rings (SSSR count). The van der Waals surface area contributed by atoms with Crippen molar-refractivity contribution in [2.24, 2.45) is 5.16 Å². The number of fused-ring (bicyclic) bond motifs is 1. The molecule has 0 unspecified atom stereocenters. The first-order valence-electron chi connectivity index (χ1n) is 6.23. The van der Waals surface area contributed by atoms with Crippen molar-refractivity contribution < 1.29 is 22.8 Å². The Bertz CT molecular complexity index is 726. The Morgan fingerprint density at radius 1 is 1.32 bits per heavy atom. The Labute approximate surface area is 128 Å². The molecule has 0 aliphatic heterocycles. The van der Waals surface area contributed by atoms with Crippen molar-refractivity contribution >= 4 is 38.5 Å². The van der Waals surface area contributed by atoms with Crippen molar-refractivity contribution in [3.05, 3.63) is 41.3 Å². The summed E-state index contributed by atoms with van der Waals surface area (Å²) in [5.41, 5.74) is -1.13. The zero-order chi connectivity index (χ0) is 16.3. The van der Waals surface area contributed by atoms with Gasteiger partial charge in [-0.15, -0.1) is 11.3 Å². The molecule has 0 N–H and O–H groups in total. The minimum atomic E-state index is -4.64. The number of thiophene rings is 1. The lowest BCUT2D eigenvalue weighted by atomic mass is 10.1. The molecule has 2 aromatic rings. The SMILES string of the molecule is CO/N=C(\C)C(=O)/C=C(/c1cc2ccccc2s1)C(F)(F)F. The molecule has 0 amide bonds. The topological polar surface area (TPSA) is 38.7 Å². The van der Waals surface area contributed by atoms with Gasteiger partial charge in [0.2, 0.25) is 5.78 Å². The molecule has 0 aliphatic rings. The minimum Gasteiger partial charge on any atom is -0.399 e. The molecule has 0 spiro atoms. The number of benzene rings is 1. The van der Waals surface area contributed by atoms with Gasteiger partial charge in [-0.05, 0) is 24.4 Å². The minimum absolute atomic E-state index is 0.00716. The summed E-state index contributed by atoms with van der Waals surface area (Å²) in [5.74, 6) is -0.841. The second-order valence-electron chi connectivity index (χ2n) is 4.43. The van der Waals surface area contributed by atoms with E-state index in [2.05, 4.69) is 9.99 Å². The van der Waals surface area contributed by atoms with Crippen LogP contribution >= 0.6 is 11.3 Å². The third-order valence-electron chi connectivity index (χ3n) is 2.86. The standard InChI is InChI=1S/C15H12F3NO2S/c1-9(19-21-2)12(20)8-11(15(16,17)18)14-7-10-5-3-4-6-13(10)22-14/h3-8H,1-2H3/b11-8-,19-9+. The summed E-state index contributed by atoms with van der Waals surface area (Å²) in [6.07, 6.45) is -4.08. The first kappa shape index (κ1) is 16.2. The van der Waals surface area contributed by atoms with Crippen molar-refractivity contribution in [2.45, 2.75) is 13.1 Å². The average molecular weight is 327 g/mol. The monoisotopic (exact) mass is 327 g/mol. The number of allylic oxidation sites excluding steroid dienone is 2. The number of carbonyl (C=O) groups is 1. The van der Waals surface area contributed by atoms with Crippen molar-refractivity contribution in [1.82, 2.24) is 0 Å². The van der Waals surface area contributed by atoms with E-state index in [1.807, 2.05) is 0 Å². The van der Waals surface area contributed by atoms with Gasteiger partial charge < -0.3 is 4.84 Å². The molecule has 1 aromatic carbocycles. The van der Waals surface area contributed by atoms with Crippen LogP contribution in [0, 0.1) is 0 Å². The molecule has 0 aliphatic carbocycles. The van der Waals surface area contributed by atoms with Crippen LogP contribution in [0.5, 0.6) is 0 Å². The number of alkyl halides is 3.